The molecule has 0 bridgehead atoms. The van der Waals surface area contributed by atoms with Crippen LogP contribution in [0.15, 0.2) is 57.2 Å². The predicted molar refractivity (Wildman–Crippen MR) is 107 cm³/mol. The van der Waals surface area contributed by atoms with E-state index in [-0.39, 0.29) is 6.61 Å². The summed E-state index contributed by atoms with van der Waals surface area (Å²) in [5.41, 5.74) is 3.14. The van der Waals surface area contributed by atoms with Gasteiger partial charge >= 0.3 is 0 Å². The molecule has 1 aliphatic heterocycles. The van der Waals surface area contributed by atoms with Gasteiger partial charge in [-0.3, -0.25) is 0 Å². The van der Waals surface area contributed by atoms with Gasteiger partial charge in [0.25, 0.3) is 0 Å². The van der Waals surface area contributed by atoms with E-state index in [9.17, 15) is 0 Å². The number of benzene rings is 2. The minimum absolute atomic E-state index is 0.244. The lowest BCUT2D eigenvalue weighted by Crippen LogP contribution is -2.15. The second-order valence-corrected chi connectivity index (χ2v) is 8.04. The molecule has 0 atom stereocenters. The first-order chi connectivity index (χ1) is 12.6. The van der Waals surface area contributed by atoms with Gasteiger partial charge in [0.2, 0.25) is 5.16 Å². The van der Waals surface area contributed by atoms with Gasteiger partial charge in [0.05, 0.1) is 10.7 Å². The number of rotatable bonds is 4. The zero-order chi connectivity index (χ0) is 18.1. The zero-order valence-electron chi connectivity index (χ0n) is 13.8. The number of nitrogens with zero attached hydrogens (tertiary/aromatic N) is 4. The number of fused-ring (bicyclic) bond motifs is 1. The standard InChI is InChI=1S/C18H14BrClN4OS/c1-11-2-7-14(20)16(8-11)25-9-17-21-22-18-24(17)23-15(10-26-18)12-3-5-13(19)6-4-12/h2-8H,9-10H2,1H3. The summed E-state index contributed by atoms with van der Waals surface area (Å²) in [6, 6.07) is 13.8. The molecule has 2 heterocycles. The smallest absolute Gasteiger partial charge is 0.212 e. The second kappa shape index (κ2) is 7.42. The molecule has 0 saturated heterocycles. The van der Waals surface area contributed by atoms with Crippen molar-refractivity contribution in [2.24, 2.45) is 5.10 Å². The van der Waals surface area contributed by atoms with Crippen LogP contribution in [0.1, 0.15) is 17.0 Å². The van der Waals surface area contributed by atoms with Gasteiger partial charge in [-0.2, -0.15) is 9.78 Å². The van der Waals surface area contributed by atoms with E-state index in [1.165, 1.54) is 0 Å². The largest absolute Gasteiger partial charge is 0.484 e. The molecule has 132 valence electrons. The van der Waals surface area contributed by atoms with Crippen molar-refractivity contribution in [3.63, 3.8) is 0 Å². The van der Waals surface area contributed by atoms with Crippen LogP contribution in [0.2, 0.25) is 5.02 Å². The molecule has 5 nitrogen and oxygen atoms in total. The molecule has 0 N–H and O–H groups in total. The summed E-state index contributed by atoms with van der Waals surface area (Å²) in [6.45, 7) is 2.24. The Morgan fingerprint density at radius 3 is 2.81 bits per heavy atom. The highest BCUT2D eigenvalue weighted by Gasteiger charge is 2.20. The highest BCUT2D eigenvalue weighted by Crippen LogP contribution is 2.28. The van der Waals surface area contributed by atoms with E-state index in [0.717, 1.165) is 32.2 Å². The molecular weight excluding hydrogens is 436 g/mol. The first kappa shape index (κ1) is 17.6. The van der Waals surface area contributed by atoms with Gasteiger partial charge < -0.3 is 4.74 Å². The number of hydrogen-bond acceptors (Lipinski definition) is 5. The SMILES string of the molecule is Cc1ccc(Cl)c(OCc2nnc3n2N=C(c2ccc(Br)cc2)CS3)c1. The quantitative estimate of drug-likeness (QED) is 0.566. The van der Waals surface area contributed by atoms with E-state index in [4.69, 9.17) is 21.4 Å². The number of aryl methyl sites for hydroxylation is 1. The van der Waals surface area contributed by atoms with Crippen LogP contribution >= 0.6 is 39.3 Å². The first-order valence-corrected chi connectivity index (χ1v) is 10.1. The summed E-state index contributed by atoms with van der Waals surface area (Å²) in [6.07, 6.45) is 0. The molecule has 26 heavy (non-hydrogen) atoms. The number of thioether (sulfide) groups is 1. The monoisotopic (exact) mass is 448 g/mol. The van der Waals surface area contributed by atoms with Gasteiger partial charge in [0, 0.05) is 10.2 Å². The third-order valence-corrected chi connectivity index (χ3v) is 5.63. The third kappa shape index (κ3) is 3.65. The fraction of sp³-hybridized carbons (Fsp3) is 0.167. The summed E-state index contributed by atoms with van der Waals surface area (Å²) in [4.78, 5) is 0. The summed E-state index contributed by atoms with van der Waals surface area (Å²) < 4.78 is 8.63. The lowest BCUT2D eigenvalue weighted by atomic mass is 10.1. The van der Waals surface area contributed by atoms with Crippen LogP contribution < -0.4 is 4.74 Å². The molecule has 1 aromatic heterocycles. The minimum Gasteiger partial charge on any atom is -0.484 e. The predicted octanol–water partition coefficient (Wildman–Crippen LogP) is 4.94. The molecule has 4 rings (SSSR count). The van der Waals surface area contributed by atoms with Crippen LogP contribution in [0.4, 0.5) is 0 Å². The lowest BCUT2D eigenvalue weighted by Gasteiger charge is -2.14. The zero-order valence-corrected chi connectivity index (χ0v) is 17.0. The van der Waals surface area contributed by atoms with Crippen molar-refractivity contribution in [2.75, 3.05) is 5.75 Å². The minimum atomic E-state index is 0.244. The van der Waals surface area contributed by atoms with Gasteiger partial charge in [0.15, 0.2) is 5.82 Å². The Morgan fingerprint density at radius 1 is 1.19 bits per heavy atom. The topological polar surface area (TPSA) is 52.3 Å². The van der Waals surface area contributed by atoms with Crippen LogP contribution in [0.25, 0.3) is 0 Å². The summed E-state index contributed by atoms with van der Waals surface area (Å²) in [7, 11) is 0. The van der Waals surface area contributed by atoms with E-state index in [1.807, 2.05) is 49.4 Å². The van der Waals surface area contributed by atoms with E-state index >= 15 is 0 Å². The molecule has 3 aromatic rings. The van der Waals surface area contributed by atoms with Gasteiger partial charge in [-0.05, 0) is 42.3 Å². The highest BCUT2D eigenvalue weighted by atomic mass is 79.9. The van der Waals surface area contributed by atoms with E-state index in [1.54, 1.807) is 16.4 Å². The number of halogens is 2. The van der Waals surface area contributed by atoms with E-state index in [2.05, 4.69) is 26.1 Å². The average molecular weight is 450 g/mol. The highest BCUT2D eigenvalue weighted by molar-refractivity contribution is 9.10. The molecule has 2 aromatic carbocycles. The Hall–Kier alpha value is -1.83. The maximum Gasteiger partial charge on any atom is 0.212 e. The van der Waals surface area contributed by atoms with Crippen LogP contribution in [0.3, 0.4) is 0 Å². The Kier molecular flexibility index (Phi) is 5.02. The molecule has 0 spiro atoms. The molecule has 0 aliphatic carbocycles. The van der Waals surface area contributed by atoms with Crippen molar-refractivity contribution in [3.8, 4) is 5.75 Å². The Morgan fingerprint density at radius 2 is 2.00 bits per heavy atom. The second-order valence-electron chi connectivity index (χ2n) is 5.78. The van der Waals surface area contributed by atoms with Crippen molar-refractivity contribution in [1.29, 1.82) is 0 Å². The van der Waals surface area contributed by atoms with Crippen molar-refractivity contribution < 1.29 is 4.74 Å². The Balaban J connectivity index is 1.58. The van der Waals surface area contributed by atoms with Crippen molar-refractivity contribution in [3.05, 3.63) is 68.9 Å². The summed E-state index contributed by atoms with van der Waals surface area (Å²) in [5.74, 6) is 2.02. The van der Waals surface area contributed by atoms with Crippen LogP contribution in [0, 0.1) is 6.92 Å². The number of ether oxygens (including phenoxy) is 1. The fourth-order valence-corrected chi connectivity index (χ4v) is 3.80. The fourth-order valence-electron chi connectivity index (χ4n) is 2.51. The summed E-state index contributed by atoms with van der Waals surface area (Å²) in [5, 5.41) is 14.5. The van der Waals surface area contributed by atoms with Crippen LogP contribution in [-0.2, 0) is 6.61 Å². The normalized spacial score (nSPS) is 13.3. The van der Waals surface area contributed by atoms with Gasteiger partial charge in [-0.15, -0.1) is 10.2 Å². The molecule has 0 fully saturated rings. The van der Waals surface area contributed by atoms with Crippen LogP contribution in [-0.4, -0.2) is 26.3 Å². The third-order valence-electron chi connectivity index (χ3n) is 3.86. The van der Waals surface area contributed by atoms with Crippen molar-refractivity contribution in [2.45, 2.75) is 18.7 Å². The van der Waals surface area contributed by atoms with Crippen molar-refractivity contribution >= 4 is 45.0 Å². The maximum absolute atomic E-state index is 6.19. The molecule has 1 aliphatic rings. The van der Waals surface area contributed by atoms with Crippen LogP contribution in [0.5, 0.6) is 5.75 Å². The molecule has 0 radical (unpaired) electrons. The molecule has 0 amide bonds. The van der Waals surface area contributed by atoms with E-state index in [0.29, 0.717) is 16.6 Å². The first-order valence-electron chi connectivity index (χ1n) is 7.90. The number of aromatic nitrogens is 3. The Labute approximate surface area is 168 Å². The lowest BCUT2D eigenvalue weighted by molar-refractivity contribution is 0.290. The molecule has 8 heteroatoms. The number of hydrogen-bond donors (Lipinski definition) is 0. The summed E-state index contributed by atoms with van der Waals surface area (Å²) >= 11 is 11.3. The molecular formula is C18H14BrClN4OS. The Bertz CT molecular complexity index is 987. The average Bonchev–Trinajstić information content (AvgIpc) is 3.05. The maximum atomic E-state index is 6.19. The molecule has 0 saturated carbocycles. The molecule has 0 unspecified atom stereocenters. The van der Waals surface area contributed by atoms with Gasteiger partial charge in [0.1, 0.15) is 12.4 Å². The van der Waals surface area contributed by atoms with Crippen molar-refractivity contribution in [1.82, 2.24) is 14.9 Å². The van der Waals surface area contributed by atoms with E-state index < -0.39 is 0 Å². The van der Waals surface area contributed by atoms with Gasteiger partial charge in [-0.1, -0.05) is 57.5 Å². The van der Waals surface area contributed by atoms with Gasteiger partial charge in [-0.25, -0.2) is 0 Å².